The molecule has 0 unspecified atom stereocenters. The van der Waals surface area contributed by atoms with Crippen LogP contribution in [0.25, 0.3) is 11.1 Å². The van der Waals surface area contributed by atoms with Gasteiger partial charge in [-0.3, -0.25) is 0 Å². The van der Waals surface area contributed by atoms with Crippen molar-refractivity contribution in [3.8, 4) is 11.1 Å². The van der Waals surface area contributed by atoms with Gasteiger partial charge in [-0.25, -0.2) is 0 Å². The topological polar surface area (TPSA) is 0 Å². The minimum Gasteiger partial charge on any atom is -0.166 e. The van der Waals surface area contributed by atoms with Crippen LogP contribution in [0.4, 0.5) is 13.2 Å². The third-order valence-corrected chi connectivity index (χ3v) is 3.52. The first-order valence-electron chi connectivity index (χ1n) is 5.43. The number of hydrogen-bond acceptors (Lipinski definition) is 0. The van der Waals surface area contributed by atoms with Crippen molar-refractivity contribution in [3.05, 3.63) is 58.6 Å². The maximum absolute atomic E-state index is 12.5. The van der Waals surface area contributed by atoms with Crippen LogP contribution in [-0.4, -0.2) is 0 Å². The van der Waals surface area contributed by atoms with Gasteiger partial charge in [-0.2, -0.15) is 13.2 Å². The molecule has 0 saturated heterocycles. The summed E-state index contributed by atoms with van der Waals surface area (Å²) in [5, 5.41) is 1.20. The van der Waals surface area contributed by atoms with Gasteiger partial charge in [0.05, 0.1) is 5.56 Å². The molecule has 0 N–H and O–H groups in total. The minimum atomic E-state index is -4.31. The molecule has 0 saturated carbocycles. The maximum atomic E-state index is 12.5. The average Bonchev–Trinajstić information content (AvgIpc) is 2.37. The average molecular weight is 350 g/mol. The number of rotatable bonds is 2. The second-order valence-electron chi connectivity index (χ2n) is 4.06. The van der Waals surface area contributed by atoms with Crippen LogP contribution < -0.4 is 0 Å². The Morgan fingerprint density at radius 2 is 1.58 bits per heavy atom. The van der Waals surface area contributed by atoms with Crippen molar-refractivity contribution in [1.82, 2.24) is 0 Å². The number of benzene rings is 2. The van der Waals surface area contributed by atoms with Crippen molar-refractivity contribution in [2.45, 2.75) is 11.5 Å². The summed E-state index contributed by atoms with van der Waals surface area (Å²) in [6, 6.07) is 10.5. The summed E-state index contributed by atoms with van der Waals surface area (Å²) in [7, 11) is 0. The lowest BCUT2D eigenvalue weighted by Gasteiger charge is -2.09. The van der Waals surface area contributed by atoms with E-state index in [2.05, 4.69) is 15.9 Å². The molecule has 5 heteroatoms. The first-order valence-corrected chi connectivity index (χ1v) is 6.93. The monoisotopic (exact) mass is 348 g/mol. The molecule has 2 rings (SSSR count). The molecule has 0 aromatic heterocycles. The molecule has 0 radical (unpaired) electrons. The van der Waals surface area contributed by atoms with Crippen LogP contribution in [0.3, 0.4) is 0 Å². The van der Waals surface area contributed by atoms with Gasteiger partial charge in [-0.15, -0.1) is 0 Å². The first kappa shape index (κ1) is 14.4. The van der Waals surface area contributed by atoms with E-state index in [4.69, 9.17) is 11.6 Å². The van der Waals surface area contributed by atoms with Gasteiger partial charge in [-0.1, -0.05) is 45.7 Å². The molecule has 0 heterocycles. The van der Waals surface area contributed by atoms with Gasteiger partial charge in [0.1, 0.15) is 0 Å². The molecule has 0 atom stereocenters. The third-order valence-electron chi connectivity index (χ3n) is 2.66. The molecular formula is C14H9BrClF3. The largest absolute Gasteiger partial charge is 0.416 e. The van der Waals surface area contributed by atoms with Gasteiger partial charge in [0.2, 0.25) is 0 Å². The fraction of sp³-hybridized carbons (Fsp3) is 0.143. The van der Waals surface area contributed by atoms with Crippen LogP contribution in [0.2, 0.25) is 5.02 Å². The number of halogens is 5. The van der Waals surface area contributed by atoms with Crippen LogP contribution >= 0.6 is 27.5 Å². The second-order valence-corrected chi connectivity index (χ2v) is 5.05. The number of hydrogen-bond donors (Lipinski definition) is 0. The van der Waals surface area contributed by atoms with Crippen LogP contribution in [0, 0.1) is 0 Å². The molecule has 2 aromatic carbocycles. The van der Waals surface area contributed by atoms with Crippen molar-refractivity contribution in [2.24, 2.45) is 0 Å². The Morgan fingerprint density at radius 3 is 2.11 bits per heavy atom. The normalized spacial score (nSPS) is 11.6. The summed E-state index contributed by atoms with van der Waals surface area (Å²) >= 11 is 9.31. The Bertz CT molecular complexity index is 576. The summed E-state index contributed by atoms with van der Waals surface area (Å²) < 4.78 is 37.4. The van der Waals surface area contributed by atoms with E-state index in [0.29, 0.717) is 15.9 Å². The predicted molar refractivity (Wildman–Crippen MR) is 74.5 cm³/mol. The summed E-state index contributed by atoms with van der Waals surface area (Å²) in [6.45, 7) is 0. The van der Waals surface area contributed by atoms with Crippen LogP contribution in [0.5, 0.6) is 0 Å². The zero-order valence-electron chi connectivity index (χ0n) is 9.64. The molecule has 2 aromatic rings. The van der Waals surface area contributed by atoms with Crippen molar-refractivity contribution < 1.29 is 13.2 Å². The summed E-state index contributed by atoms with van der Waals surface area (Å²) in [4.78, 5) is 0. The molecule has 0 spiro atoms. The fourth-order valence-electron chi connectivity index (χ4n) is 1.75. The van der Waals surface area contributed by atoms with E-state index in [1.54, 1.807) is 6.07 Å². The Kier molecular flexibility index (Phi) is 4.21. The number of alkyl halides is 4. The Labute approximate surface area is 122 Å². The molecule has 100 valence electrons. The lowest BCUT2D eigenvalue weighted by Crippen LogP contribution is -2.03. The van der Waals surface area contributed by atoms with Gasteiger partial charge >= 0.3 is 6.18 Å². The lowest BCUT2D eigenvalue weighted by molar-refractivity contribution is -0.137. The van der Waals surface area contributed by atoms with Gasteiger partial charge in [0.15, 0.2) is 0 Å². The van der Waals surface area contributed by atoms with Gasteiger partial charge in [0.25, 0.3) is 0 Å². The van der Waals surface area contributed by atoms with Crippen molar-refractivity contribution in [3.63, 3.8) is 0 Å². The molecule has 0 amide bonds. The Hall–Kier alpha value is -1.00. The second kappa shape index (κ2) is 5.55. The maximum Gasteiger partial charge on any atom is 0.416 e. The van der Waals surface area contributed by atoms with E-state index in [0.717, 1.165) is 23.3 Å². The minimum absolute atomic E-state index is 0.562. The van der Waals surface area contributed by atoms with Crippen LogP contribution in [0.15, 0.2) is 42.5 Å². The molecule has 19 heavy (non-hydrogen) atoms. The summed E-state index contributed by atoms with van der Waals surface area (Å²) in [6.07, 6.45) is -4.31. The smallest absolute Gasteiger partial charge is 0.166 e. The highest BCUT2D eigenvalue weighted by Gasteiger charge is 2.29. The Balaban J connectivity index is 2.40. The summed E-state index contributed by atoms with van der Waals surface area (Å²) in [5.41, 5.74) is 1.83. The van der Waals surface area contributed by atoms with E-state index in [1.807, 2.05) is 12.1 Å². The molecule has 0 fully saturated rings. The molecular weight excluding hydrogens is 341 g/mol. The lowest BCUT2D eigenvalue weighted by atomic mass is 10.0. The molecule has 0 aliphatic carbocycles. The molecule has 0 aliphatic rings. The quantitative estimate of drug-likeness (QED) is 0.590. The highest BCUT2D eigenvalue weighted by Crippen LogP contribution is 2.32. The van der Waals surface area contributed by atoms with Crippen LogP contribution in [0.1, 0.15) is 11.1 Å². The highest BCUT2D eigenvalue weighted by atomic mass is 79.9. The van der Waals surface area contributed by atoms with Crippen molar-refractivity contribution >= 4 is 27.5 Å². The van der Waals surface area contributed by atoms with Gasteiger partial charge < -0.3 is 0 Å². The standard InChI is InChI=1S/C14H9BrClF3/c15-8-9-5-11(7-13(16)6-9)10-1-3-12(4-2-10)14(17,18)19/h1-7H,8H2. The van der Waals surface area contributed by atoms with Crippen LogP contribution in [-0.2, 0) is 11.5 Å². The highest BCUT2D eigenvalue weighted by molar-refractivity contribution is 9.08. The van der Waals surface area contributed by atoms with E-state index in [-0.39, 0.29) is 0 Å². The molecule has 0 aliphatic heterocycles. The van der Waals surface area contributed by atoms with Crippen molar-refractivity contribution in [1.29, 1.82) is 0 Å². The van der Waals surface area contributed by atoms with E-state index < -0.39 is 11.7 Å². The van der Waals surface area contributed by atoms with E-state index >= 15 is 0 Å². The zero-order chi connectivity index (χ0) is 14.0. The SMILES string of the molecule is FC(F)(F)c1ccc(-c2cc(Cl)cc(CBr)c2)cc1. The molecule has 0 nitrogen and oxygen atoms in total. The third kappa shape index (κ3) is 3.51. The van der Waals surface area contributed by atoms with E-state index in [9.17, 15) is 13.2 Å². The predicted octanol–water partition coefficient (Wildman–Crippen LogP) is 5.92. The van der Waals surface area contributed by atoms with Gasteiger partial charge in [0, 0.05) is 10.4 Å². The van der Waals surface area contributed by atoms with E-state index in [1.165, 1.54) is 12.1 Å². The fourth-order valence-corrected chi connectivity index (χ4v) is 2.33. The molecule has 0 bridgehead atoms. The Morgan fingerprint density at radius 1 is 0.947 bits per heavy atom. The zero-order valence-corrected chi connectivity index (χ0v) is 12.0. The van der Waals surface area contributed by atoms with Gasteiger partial charge in [-0.05, 0) is 41.0 Å². The van der Waals surface area contributed by atoms with Crippen molar-refractivity contribution in [2.75, 3.05) is 0 Å². The first-order chi connectivity index (χ1) is 8.90. The summed E-state index contributed by atoms with van der Waals surface area (Å²) in [5.74, 6) is 0.